The van der Waals surface area contributed by atoms with Gasteiger partial charge in [-0.15, -0.1) is 0 Å². The summed E-state index contributed by atoms with van der Waals surface area (Å²) in [7, 11) is 1.52. The molecule has 0 saturated heterocycles. The second kappa shape index (κ2) is 10.7. The molecular weight excluding hydrogens is 544 g/mol. The summed E-state index contributed by atoms with van der Waals surface area (Å²) in [6.45, 7) is 22.2. The Hall–Kier alpha value is -2.23. The predicted molar refractivity (Wildman–Crippen MR) is 178 cm³/mol. The number of hydrogen-bond acceptors (Lipinski definition) is 4. The topological polar surface area (TPSA) is 55.8 Å². The Morgan fingerprint density at radius 2 is 1.66 bits per heavy atom. The molecule has 5 aliphatic rings. The van der Waals surface area contributed by atoms with Crippen molar-refractivity contribution in [1.82, 2.24) is 0 Å². The van der Waals surface area contributed by atoms with Gasteiger partial charge in [0.2, 0.25) is 0 Å². The molecule has 0 aliphatic heterocycles. The van der Waals surface area contributed by atoms with Gasteiger partial charge >= 0.3 is 5.97 Å². The molecule has 0 spiro atoms. The molecule has 242 valence electrons. The number of fused-ring (bicyclic) bond motifs is 7. The number of rotatable bonds is 5. The average molecular weight is 603 g/mol. The lowest BCUT2D eigenvalue weighted by Gasteiger charge is -2.73. The molecule has 0 radical (unpaired) electrons. The first-order valence-corrected chi connectivity index (χ1v) is 17.5. The molecule has 0 heterocycles. The van der Waals surface area contributed by atoms with Gasteiger partial charge in [0, 0.05) is 11.5 Å². The van der Waals surface area contributed by atoms with Gasteiger partial charge in [-0.1, -0.05) is 59.8 Å². The van der Waals surface area contributed by atoms with E-state index in [1.807, 2.05) is 6.07 Å². The number of methoxy groups -OCH3 is 1. The molecule has 1 N–H and O–H groups in total. The van der Waals surface area contributed by atoms with Crippen molar-refractivity contribution >= 4 is 12.0 Å². The van der Waals surface area contributed by atoms with Crippen LogP contribution in [0.1, 0.15) is 118 Å². The Bertz CT molecular complexity index is 1340. The van der Waals surface area contributed by atoms with Crippen molar-refractivity contribution in [3.63, 3.8) is 0 Å². The van der Waals surface area contributed by atoms with E-state index in [1.165, 1.54) is 70.1 Å². The van der Waals surface area contributed by atoms with E-state index < -0.39 is 0 Å². The van der Waals surface area contributed by atoms with E-state index in [0.717, 1.165) is 30.2 Å². The number of esters is 1. The first-order valence-electron chi connectivity index (χ1n) is 17.5. The average Bonchev–Trinajstić information content (AvgIpc) is 3.32. The number of aromatic hydroxyl groups is 1. The molecule has 0 aromatic heterocycles. The van der Waals surface area contributed by atoms with Crippen LogP contribution in [0.5, 0.6) is 11.5 Å². The molecule has 5 aliphatic carbocycles. The van der Waals surface area contributed by atoms with E-state index in [0.29, 0.717) is 39.7 Å². The number of carbonyl (C=O) groups is 1. The Morgan fingerprint density at radius 3 is 2.34 bits per heavy atom. The van der Waals surface area contributed by atoms with Crippen molar-refractivity contribution in [1.29, 1.82) is 0 Å². The number of allylic oxidation sites excluding steroid dienone is 1. The lowest BCUT2D eigenvalue weighted by atomic mass is 9.32. The molecular formula is C40H58O4. The molecule has 5 saturated carbocycles. The summed E-state index contributed by atoms with van der Waals surface area (Å²) in [5, 5.41) is 10.1. The van der Waals surface area contributed by atoms with Crippen LogP contribution in [-0.2, 0) is 9.53 Å². The van der Waals surface area contributed by atoms with Gasteiger partial charge in [-0.2, -0.15) is 0 Å². The number of hydrogen-bond donors (Lipinski definition) is 1. The number of carbonyl (C=O) groups excluding carboxylic acids is 1. The van der Waals surface area contributed by atoms with E-state index >= 15 is 0 Å². The van der Waals surface area contributed by atoms with Crippen molar-refractivity contribution in [3.8, 4) is 11.5 Å². The van der Waals surface area contributed by atoms with Crippen LogP contribution in [0.2, 0.25) is 0 Å². The number of ether oxygens (including phenoxy) is 2. The third-order valence-corrected chi connectivity index (χ3v) is 15.3. The molecule has 1 aromatic carbocycles. The van der Waals surface area contributed by atoms with Crippen LogP contribution in [0.3, 0.4) is 0 Å². The quantitative estimate of drug-likeness (QED) is 0.207. The maximum Gasteiger partial charge on any atom is 0.331 e. The van der Waals surface area contributed by atoms with Crippen molar-refractivity contribution in [2.75, 3.05) is 7.11 Å². The van der Waals surface area contributed by atoms with Crippen molar-refractivity contribution in [2.45, 2.75) is 119 Å². The minimum Gasteiger partial charge on any atom is -0.504 e. The fourth-order valence-electron chi connectivity index (χ4n) is 12.8. The highest BCUT2D eigenvalue weighted by Gasteiger charge is 2.70. The van der Waals surface area contributed by atoms with Crippen molar-refractivity contribution < 1.29 is 19.4 Å². The van der Waals surface area contributed by atoms with Gasteiger partial charge in [-0.3, -0.25) is 0 Å². The largest absolute Gasteiger partial charge is 0.504 e. The van der Waals surface area contributed by atoms with Crippen LogP contribution >= 0.6 is 0 Å². The van der Waals surface area contributed by atoms with Gasteiger partial charge in [0.25, 0.3) is 0 Å². The first kappa shape index (κ1) is 31.7. The van der Waals surface area contributed by atoms with E-state index in [2.05, 4.69) is 55.0 Å². The Morgan fingerprint density at radius 1 is 0.909 bits per heavy atom. The summed E-state index contributed by atoms with van der Waals surface area (Å²) < 4.78 is 11.4. The normalized spacial score (nSPS) is 44.2. The van der Waals surface area contributed by atoms with Gasteiger partial charge in [0.05, 0.1) is 7.11 Å². The van der Waals surface area contributed by atoms with Gasteiger partial charge in [-0.25, -0.2) is 4.79 Å². The zero-order valence-corrected chi connectivity index (χ0v) is 28.8. The first-order chi connectivity index (χ1) is 20.6. The number of phenols is 1. The minimum absolute atomic E-state index is 0.0593. The molecule has 1 aromatic rings. The van der Waals surface area contributed by atoms with Gasteiger partial charge < -0.3 is 14.6 Å². The molecule has 4 heteroatoms. The van der Waals surface area contributed by atoms with Crippen LogP contribution < -0.4 is 4.74 Å². The number of benzene rings is 1. The maximum atomic E-state index is 13.1. The minimum atomic E-state index is -0.301. The van der Waals surface area contributed by atoms with Crippen LogP contribution in [0.25, 0.3) is 6.08 Å². The van der Waals surface area contributed by atoms with Crippen LogP contribution in [0, 0.1) is 56.7 Å². The van der Waals surface area contributed by atoms with Gasteiger partial charge in [0.1, 0.15) is 6.10 Å². The zero-order chi connectivity index (χ0) is 31.9. The maximum absolute atomic E-state index is 13.1. The highest BCUT2D eigenvalue weighted by molar-refractivity contribution is 5.87. The second-order valence-corrected chi connectivity index (χ2v) is 17.4. The van der Waals surface area contributed by atoms with Crippen molar-refractivity contribution in [3.05, 3.63) is 42.0 Å². The standard InChI is InChI=1S/C40H58O4/c1-25(2)27-16-19-37(5)22-23-39(7)28(35(27)37)12-14-32-38(6)20-18-33(36(3,4)31(38)17-21-40(32,39)8)44-34(42)15-11-26-10-13-30(43-9)29(41)24-26/h10-11,13,15,24,27-28,31-33,35,41H,1,12,14,16-23H2,2-9H3/b15-11+/t27-,28-,31+,32-,33+,35-,37-,38+,39-,40-/m1/s1. The summed E-state index contributed by atoms with van der Waals surface area (Å²) in [5.41, 5.74) is 3.55. The fourth-order valence-corrected chi connectivity index (χ4v) is 12.8. The molecule has 0 unspecified atom stereocenters. The van der Waals surface area contributed by atoms with Gasteiger partial charge in [-0.05, 0) is 146 Å². The molecule has 4 nitrogen and oxygen atoms in total. The summed E-state index contributed by atoms with van der Waals surface area (Å²) in [4.78, 5) is 13.1. The Kier molecular flexibility index (Phi) is 7.69. The third kappa shape index (κ3) is 4.54. The van der Waals surface area contributed by atoms with E-state index in [9.17, 15) is 9.90 Å². The van der Waals surface area contributed by atoms with Crippen LogP contribution in [-0.4, -0.2) is 24.3 Å². The Labute approximate surface area is 267 Å². The summed E-state index contributed by atoms with van der Waals surface area (Å²) in [5.74, 6) is 3.71. The SMILES string of the molecule is C=C(C)[C@H]1CC[C@]2(C)CC[C@]3(C)[C@H](CC[C@@H]4[C@@]5(C)CC[C@H](OC(=O)/C=C/c6ccc(OC)c(O)c6)C(C)(C)[C@@H]5CC[C@]43C)[C@@H]12. The highest BCUT2D eigenvalue weighted by Crippen LogP contribution is 2.77. The lowest BCUT2D eigenvalue weighted by Crippen LogP contribution is -2.66. The Balaban J connectivity index is 1.21. The van der Waals surface area contributed by atoms with Crippen molar-refractivity contribution in [2.24, 2.45) is 56.7 Å². The smallest absolute Gasteiger partial charge is 0.331 e. The summed E-state index contributed by atoms with van der Waals surface area (Å²) in [6.07, 6.45) is 15.9. The zero-order valence-electron chi connectivity index (χ0n) is 28.8. The lowest BCUT2D eigenvalue weighted by molar-refractivity contribution is -0.248. The fraction of sp³-hybridized carbons (Fsp3) is 0.725. The van der Waals surface area contributed by atoms with Crippen LogP contribution in [0.4, 0.5) is 0 Å². The third-order valence-electron chi connectivity index (χ3n) is 15.3. The van der Waals surface area contributed by atoms with E-state index in [-0.39, 0.29) is 28.7 Å². The molecule has 0 amide bonds. The summed E-state index contributed by atoms with van der Waals surface area (Å²) >= 11 is 0. The molecule has 0 bridgehead atoms. The molecule has 10 atom stereocenters. The molecule has 6 rings (SSSR count). The highest BCUT2D eigenvalue weighted by atomic mass is 16.5. The van der Waals surface area contributed by atoms with E-state index in [1.54, 1.807) is 18.2 Å². The van der Waals surface area contributed by atoms with Gasteiger partial charge in [0.15, 0.2) is 11.5 Å². The second-order valence-electron chi connectivity index (χ2n) is 17.4. The monoisotopic (exact) mass is 602 g/mol. The number of phenolic OH excluding ortho intramolecular Hbond substituents is 1. The molecule has 5 fully saturated rings. The van der Waals surface area contributed by atoms with Crippen LogP contribution in [0.15, 0.2) is 36.4 Å². The van der Waals surface area contributed by atoms with E-state index in [4.69, 9.17) is 9.47 Å². The predicted octanol–water partition coefficient (Wildman–Crippen LogP) is 10.0. The summed E-state index contributed by atoms with van der Waals surface area (Å²) in [6, 6.07) is 5.13. The molecule has 44 heavy (non-hydrogen) atoms.